The second kappa shape index (κ2) is 6.99. The van der Waals surface area contributed by atoms with Gasteiger partial charge in [0, 0.05) is 6.07 Å². The van der Waals surface area contributed by atoms with Crippen molar-refractivity contribution >= 4 is 34.1 Å². The van der Waals surface area contributed by atoms with Crippen molar-refractivity contribution in [3.8, 4) is 0 Å². The number of hydrogen-bond donors (Lipinski definition) is 1. The Labute approximate surface area is 154 Å². The summed E-state index contributed by atoms with van der Waals surface area (Å²) in [6.07, 6.45) is -3.55. The van der Waals surface area contributed by atoms with Gasteiger partial charge in [-0.25, -0.2) is 9.37 Å². The van der Waals surface area contributed by atoms with Crippen molar-refractivity contribution < 1.29 is 22.4 Å². The van der Waals surface area contributed by atoms with Gasteiger partial charge in [0.25, 0.3) is 5.56 Å². The molecule has 2 aromatic carbocycles. The molecule has 0 saturated carbocycles. The molecule has 3 rings (SSSR count). The molecule has 0 aliphatic rings. The van der Waals surface area contributed by atoms with Crippen molar-refractivity contribution in [3.63, 3.8) is 0 Å². The summed E-state index contributed by atoms with van der Waals surface area (Å²) in [5.41, 5.74) is -1.68. The van der Waals surface area contributed by atoms with Crippen molar-refractivity contribution in [3.05, 3.63) is 69.5 Å². The summed E-state index contributed by atoms with van der Waals surface area (Å²) in [4.78, 5) is 28.4. The van der Waals surface area contributed by atoms with Crippen LogP contribution in [0, 0.1) is 5.82 Å². The van der Waals surface area contributed by atoms with E-state index in [2.05, 4.69) is 10.3 Å². The van der Waals surface area contributed by atoms with Crippen molar-refractivity contribution in [2.45, 2.75) is 12.7 Å². The lowest BCUT2D eigenvalue weighted by atomic mass is 10.2. The molecular formula is C17H10ClF4N3O2. The van der Waals surface area contributed by atoms with Gasteiger partial charge in [-0.1, -0.05) is 11.6 Å². The van der Waals surface area contributed by atoms with Gasteiger partial charge in [0.1, 0.15) is 12.4 Å². The van der Waals surface area contributed by atoms with Gasteiger partial charge in [-0.2, -0.15) is 13.2 Å². The van der Waals surface area contributed by atoms with Crippen LogP contribution >= 0.6 is 11.6 Å². The maximum absolute atomic E-state index is 13.2. The average molecular weight is 400 g/mol. The number of carbonyl (C=O) groups is 1. The Morgan fingerprint density at radius 2 is 1.93 bits per heavy atom. The molecule has 0 aliphatic heterocycles. The second-order valence-corrected chi connectivity index (χ2v) is 5.99. The summed E-state index contributed by atoms with van der Waals surface area (Å²) in [5.74, 6) is -1.34. The lowest BCUT2D eigenvalue weighted by molar-refractivity contribution is -0.137. The van der Waals surface area contributed by atoms with Crippen LogP contribution < -0.4 is 10.9 Å². The number of benzene rings is 2. The number of alkyl halides is 3. The van der Waals surface area contributed by atoms with E-state index in [0.29, 0.717) is 6.07 Å². The molecule has 140 valence electrons. The van der Waals surface area contributed by atoms with Crippen LogP contribution in [0.15, 0.2) is 47.5 Å². The van der Waals surface area contributed by atoms with Gasteiger partial charge in [0.15, 0.2) is 0 Å². The van der Waals surface area contributed by atoms with Crippen LogP contribution in [0.4, 0.5) is 23.2 Å². The number of hydrogen-bond acceptors (Lipinski definition) is 3. The Kier molecular flexibility index (Phi) is 4.88. The van der Waals surface area contributed by atoms with E-state index in [4.69, 9.17) is 11.6 Å². The molecule has 0 radical (unpaired) electrons. The lowest BCUT2D eigenvalue weighted by Gasteiger charge is -2.12. The number of nitrogens with zero attached hydrogens (tertiary/aromatic N) is 2. The topological polar surface area (TPSA) is 64.0 Å². The molecule has 1 aromatic heterocycles. The van der Waals surface area contributed by atoms with Crippen molar-refractivity contribution in [1.29, 1.82) is 0 Å². The number of rotatable bonds is 3. The second-order valence-electron chi connectivity index (χ2n) is 5.58. The van der Waals surface area contributed by atoms with E-state index < -0.39 is 35.6 Å². The smallest absolute Gasteiger partial charge is 0.323 e. The SMILES string of the molecule is O=C(Cn1cnc2cc(F)ccc2c1=O)Nc1cc(C(F)(F)F)ccc1Cl. The zero-order valence-corrected chi connectivity index (χ0v) is 14.1. The van der Waals surface area contributed by atoms with Gasteiger partial charge in [0.05, 0.1) is 33.5 Å². The van der Waals surface area contributed by atoms with Gasteiger partial charge >= 0.3 is 6.18 Å². The molecule has 10 heteroatoms. The molecule has 0 spiro atoms. The van der Waals surface area contributed by atoms with E-state index in [-0.39, 0.29) is 21.6 Å². The minimum atomic E-state index is -4.60. The van der Waals surface area contributed by atoms with Gasteiger partial charge in [-0.05, 0) is 30.3 Å². The third-order valence-corrected chi connectivity index (χ3v) is 4.00. The Morgan fingerprint density at radius 1 is 1.19 bits per heavy atom. The third kappa shape index (κ3) is 4.08. The Hall–Kier alpha value is -2.94. The van der Waals surface area contributed by atoms with Crippen LogP contribution in [-0.4, -0.2) is 15.5 Å². The zero-order chi connectivity index (χ0) is 19.8. The number of carbonyl (C=O) groups excluding carboxylic acids is 1. The molecule has 0 aliphatic carbocycles. The lowest BCUT2D eigenvalue weighted by Crippen LogP contribution is -2.28. The maximum Gasteiger partial charge on any atom is 0.416 e. The highest BCUT2D eigenvalue weighted by atomic mass is 35.5. The Bertz CT molecular complexity index is 1100. The van der Waals surface area contributed by atoms with Crippen LogP contribution in [0.3, 0.4) is 0 Å². The van der Waals surface area contributed by atoms with Crippen LogP contribution in [0.1, 0.15) is 5.56 Å². The number of fused-ring (bicyclic) bond motifs is 1. The summed E-state index contributed by atoms with van der Waals surface area (Å²) in [5, 5.41) is 2.25. The molecule has 27 heavy (non-hydrogen) atoms. The highest BCUT2D eigenvalue weighted by Crippen LogP contribution is 2.33. The molecule has 1 N–H and O–H groups in total. The molecule has 0 unspecified atom stereocenters. The van der Waals surface area contributed by atoms with Crippen molar-refractivity contribution in [2.24, 2.45) is 0 Å². The first-order valence-corrected chi connectivity index (χ1v) is 7.84. The fourth-order valence-corrected chi connectivity index (χ4v) is 2.55. The summed E-state index contributed by atoms with van der Waals surface area (Å²) in [6.45, 7) is -0.508. The molecule has 1 heterocycles. The summed E-state index contributed by atoms with van der Waals surface area (Å²) in [7, 11) is 0. The molecule has 0 bridgehead atoms. The van der Waals surface area contributed by atoms with E-state index in [0.717, 1.165) is 35.2 Å². The highest BCUT2D eigenvalue weighted by molar-refractivity contribution is 6.33. The first-order valence-electron chi connectivity index (χ1n) is 7.46. The summed E-state index contributed by atoms with van der Waals surface area (Å²) in [6, 6.07) is 5.89. The minimum Gasteiger partial charge on any atom is -0.323 e. The standard InChI is InChI=1S/C17H10ClF4N3O2/c18-12-4-1-9(17(20,21)22)5-14(12)24-15(26)7-25-8-23-13-6-10(19)2-3-11(13)16(25)27/h1-6,8H,7H2,(H,24,26). The summed E-state index contributed by atoms with van der Waals surface area (Å²) >= 11 is 5.82. The van der Waals surface area contributed by atoms with Crippen molar-refractivity contribution in [1.82, 2.24) is 9.55 Å². The van der Waals surface area contributed by atoms with Gasteiger partial charge in [0.2, 0.25) is 5.91 Å². The largest absolute Gasteiger partial charge is 0.416 e. The van der Waals surface area contributed by atoms with E-state index in [1.165, 1.54) is 6.07 Å². The quantitative estimate of drug-likeness (QED) is 0.680. The van der Waals surface area contributed by atoms with Gasteiger partial charge in [-0.15, -0.1) is 0 Å². The van der Waals surface area contributed by atoms with Crippen LogP contribution in [-0.2, 0) is 17.5 Å². The molecular weight excluding hydrogens is 390 g/mol. The maximum atomic E-state index is 13.2. The van der Waals surface area contributed by atoms with E-state index in [1.807, 2.05) is 0 Å². The summed E-state index contributed by atoms with van der Waals surface area (Å²) < 4.78 is 52.5. The number of aromatic nitrogens is 2. The fourth-order valence-electron chi connectivity index (χ4n) is 2.39. The Balaban J connectivity index is 1.85. The third-order valence-electron chi connectivity index (χ3n) is 3.67. The van der Waals surface area contributed by atoms with Gasteiger partial charge in [-0.3, -0.25) is 14.2 Å². The molecule has 0 saturated heterocycles. The van der Waals surface area contributed by atoms with Crippen LogP contribution in [0.5, 0.6) is 0 Å². The van der Waals surface area contributed by atoms with E-state index >= 15 is 0 Å². The van der Waals surface area contributed by atoms with Crippen LogP contribution in [0.2, 0.25) is 5.02 Å². The zero-order valence-electron chi connectivity index (χ0n) is 13.3. The number of anilines is 1. The normalized spacial score (nSPS) is 11.6. The minimum absolute atomic E-state index is 0.0872. The number of halogens is 5. The predicted octanol–water partition coefficient (Wildman–Crippen LogP) is 3.85. The molecule has 0 fully saturated rings. The Morgan fingerprint density at radius 3 is 2.63 bits per heavy atom. The molecule has 5 nitrogen and oxygen atoms in total. The average Bonchev–Trinajstić information content (AvgIpc) is 2.58. The fraction of sp³-hybridized carbons (Fsp3) is 0.118. The first kappa shape index (κ1) is 18.8. The number of nitrogens with one attached hydrogen (secondary N) is 1. The van der Waals surface area contributed by atoms with Crippen molar-refractivity contribution in [2.75, 3.05) is 5.32 Å². The molecule has 3 aromatic rings. The predicted molar refractivity (Wildman–Crippen MR) is 91.0 cm³/mol. The molecule has 1 amide bonds. The van der Waals surface area contributed by atoms with Gasteiger partial charge < -0.3 is 5.32 Å². The van der Waals surface area contributed by atoms with Crippen LogP contribution in [0.25, 0.3) is 10.9 Å². The first-order chi connectivity index (χ1) is 12.6. The van der Waals surface area contributed by atoms with E-state index in [9.17, 15) is 27.2 Å². The van der Waals surface area contributed by atoms with E-state index in [1.54, 1.807) is 0 Å². The number of amides is 1. The highest BCUT2D eigenvalue weighted by Gasteiger charge is 2.31. The monoisotopic (exact) mass is 399 g/mol. The molecule has 0 atom stereocenters.